The highest BCUT2D eigenvalue weighted by Gasteiger charge is 2.23. The summed E-state index contributed by atoms with van der Waals surface area (Å²) in [6.45, 7) is 3.12. The number of carbonyl (C=O) groups is 2. The van der Waals surface area contributed by atoms with Crippen LogP contribution in [0.3, 0.4) is 0 Å². The van der Waals surface area contributed by atoms with Crippen LogP contribution < -0.4 is 5.56 Å². The van der Waals surface area contributed by atoms with Crippen LogP contribution in [-0.2, 0) is 4.74 Å². The number of ether oxygens (including phenoxy) is 1. The Morgan fingerprint density at radius 3 is 2.25 bits per heavy atom. The van der Waals surface area contributed by atoms with Crippen molar-refractivity contribution in [3.63, 3.8) is 0 Å². The number of hydrogen-bond donors (Lipinski definition) is 0. The Morgan fingerprint density at radius 2 is 1.66 bits per heavy atom. The molecule has 6 nitrogen and oxygen atoms in total. The summed E-state index contributed by atoms with van der Waals surface area (Å²) in [5.74, 6) is -1.16. The van der Waals surface area contributed by atoms with E-state index >= 15 is 0 Å². The van der Waals surface area contributed by atoms with E-state index in [1.807, 2.05) is 0 Å². The summed E-state index contributed by atoms with van der Waals surface area (Å²) < 4.78 is 19.9. The Morgan fingerprint density at radius 1 is 1.00 bits per heavy atom. The summed E-state index contributed by atoms with van der Waals surface area (Å²) in [7, 11) is 1.25. The zero-order valence-electron chi connectivity index (χ0n) is 17.7. The zero-order chi connectivity index (χ0) is 23.0. The molecule has 0 fully saturated rings. The summed E-state index contributed by atoms with van der Waals surface area (Å²) in [5.41, 5.74) is 2.43. The van der Waals surface area contributed by atoms with E-state index in [4.69, 9.17) is 4.74 Å². The van der Waals surface area contributed by atoms with Crippen molar-refractivity contribution in [1.29, 1.82) is 0 Å². The number of Topliss-reactive ketones (excluding diaryl/α,β-unsaturated/α-hetero) is 1. The summed E-state index contributed by atoms with van der Waals surface area (Å²) in [5, 5.41) is 0.209. The molecule has 0 amide bonds. The third-order valence-corrected chi connectivity index (χ3v) is 5.29. The van der Waals surface area contributed by atoms with E-state index in [0.717, 1.165) is 0 Å². The van der Waals surface area contributed by atoms with Gasteiger partial charge in [-0.15, -0.1) is 0 Å². The van der Waals surface area contributed by atoms with Crippen LogP contribution in [-0.4, -0.2) is 28.4 Å². The van der Waals surface area contributed by atoms with Crippen LogP contribution in [0.1, 0.15) is 33.3 Å². The van der Waals surface area contributed by atoms with Gasteiger partial charge < -0.3 is 4.74 Å². The van der Waals surface area contributed by atoms with Gasteiger partial charge in [0.2, 0.25) is 0 Å². The van der Waals surface area contributed by atoms with Gasteiger partial charge in [-0.05, 0) is 61.9 Å². The number of aryl methyl sites for hydroxylation is 1. The molecule has 160 valence electrons. The lowest BCUT2D eigenvalue weighted by Crippen LogP contribution is -2.21. The number of fused-ring (bicyclic) bond motifs is 1. The highest BCUT2D eigenvalue weighted by Crippen LogP contribution is 2.32. The topological polar surface area (TPSA) is 78.3 Å². The molecule has 0 aliphatic heterocycles. The second-order valence-electron chi connectivity index (χ2n) is 7.30. The smallest absolute Gasteiger partial charge is 0.340 e. The van der Waals surface area contributed by atoms with Gasteiger partial charge >= 0.3 is 5.97 Å². The van der Waals surface area contributed by atoms with Crippen LogP contribution in [0.2, 0.25) is 0 Å². The fourth-order valence-corrected chi connectivity index (χ4v) is 3.71. The standard InChI is InChI=1S/C25H19FN2O4/c1-14-21(25(31)32-3)22(17-4-8-18(26)9-5-17)23-20(27-14)12-13-28(24(23)30)19-10-6-16(7-11-19)15(2)29/h4-13H,1-3H3. The number of halogens is 1. The first-order chi connectivity index (χ1) is 15.3. The summed E-state index contributed by atoms with van der Waals surface area (Å²) in [4.78, 5) is 42.3. The second kappa shape index (κ2) is 8.19. The Hall–Kier alpha value is -4.13. The van der Waals surface area contributed by atoms with Crippen molar-refractivity contribution in [2.45, 2.75) is 13.8 Å². The van der Waals surface area contributed by atoms with Gasteiger partial charge in [0.25, 0.3) is 5.56 Å². The van der Waals surface area contributed by atoms with Crippen molar-refractivity contribution in [3.8, 4) is 16.8 Å². The van der Waals surface area contributed by atoms with Crippen LogP contribution in [0.5, 0.6) is 0 Å². The highest BCUT2D eigenvalue weighted by atomic mass is 19.1. The summed E-state index contributed by atoms with van der Waals surface area (Å²) >= 11 is 0. The van der Waals surface area contributed by atoms with Crippen molar-refractivity contribution < 1.29 is 18.7 Å². The quantitative estimate of drug-likeness (QED) is 0.352. The monoisotopic (exact) mass is 430 g/mol. The predicted octanol–water partition coefficient (Wildman–Crippen LogP) is 4.49. The molecule has 0 saturated heterocycles. The minimum absolute atomic E-state index is 0.0802. The van der Waals surface area contributed by atoms with E-state index in [2.05, 4.69) is 4.98 Å². The van der Waals surface area contributed by atoms with Gasteiger partial charge in [-0.3, -0.25) is 19.1 Å². The molecular weight excluding hydrogens is 411 g/mol. The first kappa shape index (κ1) is 21.1. The number of nitrogens with zero attached hydrogens (tertiary/aromatic N) is 2. The average Bonchev–Trinajstić information content (AvgIpc) is 2.78. The number of benzene rings is 2. The van der Waals surface area contributed by atoms with Crippen LogP contribution >= 0.6 is 0 Å². The van der Waals surface area contributed by atoms with Crippen LogP contribution in [0.25, 0.3) is 27.7 Å². The molecule has 7 heteroatoms. The minimum atomic E-state index is -0.642. The number of aromatic nitrogens is 2. The van der Waals surface area contributed by atoms with E-state index in [0.29, 0.717) is 33.6 Å². The molecule has 0 unspecified atom stereocenters. The molecule has 2 heterocycles. The van der Waals surface area contributed by atoms with E-state index in [1.165, 1.54) is 42.9 Å². The Bertz CT molecular complexity index is 1420. The van der Waals surface area contributed by atoms with E-state index in [-0.39, 0.29) is 16.7 Å². The van der Waals surface area contributed by atoms with Crippen LogP contribution in [0.15, 0.2) is 65.6 Å². The maximum Gasteiger partial charge on any atom is 0.340 e. The Balaban J connectivity index is 2.08. The highest BCUT2D eigenvalue weighted by molar-refractivity contribution is 6.07. The minimum Gasteiger partial charge on any atom is -0.465 e. The molecule has 32 heavy (non-hydrogen) atoms. The van der Waals surface area contributed by atoms with Gasteiger partial charge in [0.05, 0.1) is 29.3 Å². The lowest BCUT2D eigenvalue weighted by molar-refractivity contribution is 0.0600. The van der Waals surface area contributed by atoms with Gasteiger partial charge in [-0.2, -0.15) is 0 Å². The van der Waals surface area contributed by atoms with Crippen molar-refractivity contribution in [1.82, 2.24) is 9.55 Å². The van der Waals surface area contributed by atoms with Crippen molar-refractivity contribution >= 4 is 22.7 Å². The second-order valence-corrected chi connectivity index (χ2v) is 7.30. The molecule has 0 saturated carbocycles. The first-order valence-electron chi connectivity index (χ1n) is 9.83. The van der Waals surface area contributed by atoms with E-state index < -0.39 is 17.3 Å². The lowest BCUT2D eigenvalue weighted by atomic mass is 9.95. The molecule has 0 atom stereocenters. The predicted molar refractivity (Wildman–Crippen MR) is 119 cm³/mol. The molecule has 0 N–H and O–H groups in total. The summed E-state index contributed by atoms with van der Waals surface area (Å²) in [6, 6.07) is 13.8. The van der Waals surface area contributed by atoms with Gasteiger partial charge in [0.15, 0.2) is 5.78 Å². The van der Waals surface area contributed by atoms with Gasteiger partial charge in [0.1, 0.15) is 5.82 Å². The van der Waals surface area contributed by atoms with Gasteiger partial charge in [-0.1, -0.05) is 12.1 Å². The van der Waals surface area contributed by atoms with Crippen LogP contribution in [0, 0.1) is 12.7 Å². The number of ketones is 1. The fraction of sp³-hybridized carbons (Fsp3) is 0.120. The summed E-state index contributed by atoms with van der Waals surface area (Å²) in [6.07, 6.45) is 1.59. The first-order valence-corrected chi connectivity index (χ1v) is 9.83. The maximum absolute atomic E-state index is 13.6. The van der Waals surface area contributed by atoms with Gasteiger partial charge in [0, 0.05) is 23.0 Å². The number of pyridine rings is 2. The fourth-order valence-electron chi connectivity index (χ4n) is 3.71. The van der Waals surface area contributed by atoms with E-state index in [9.17, 15) is 18.8 Å². The molecule has 2 aromatic heterocycles. The molecular formula is C25H19FN2O4. The normalized spacial score (nSPS) is 10.9. The zero-order valence-corrected chi connectivity index (χ0v) is 17.7. The molecule has 0 aliphatic carbocycles. The van der Waals surface area contributed by atoms with Crippen molar-refractivity contribution in [3.05, 3.63) is 93.8 Å². The Labute approximate surface area is 182 Å². The van der Waals surface area contributed by atoms with Crippen LogP contribution in [0.4, 0.5) is 4.39 Å². The molecule has 0 aliphatic rings. The number of esters is 1. The van der Waals surface area contributed by atoms with Gasteiger partial charge in [-0.25, -0.2) is 9.18 Å². The van der Waals surface area contributed by atoms with Crippen molar-refractivity contribution in [2.24, 2.45) is 0 Å². The number of carbonyl (C=O) groups excluding carboxylic acids is 2. The number of methoxy groups -OCH3 is 1. The average molecular weight is 430 g/mol. The van der Waals surface area contributed by atoms with E-state index in [1.54, 1.807) is 43.5 Å². The SMILES string of the molecule is COC(=O)c1c(C)nc2ccn(-c3ccc(C(C)=O)cc3)c(=O)c2c1-c1ccc(F)cc1. The Kier molecular flexibility index (Phi) is 5.40. The third-order valence-electron chi connectivity index (χ3n) is 5.29. The molecule has 2 aromatic carbocycles. The number of rotatable bonds is 4. The lowest BCUT2D eigenvalue weighted by Gasteiger charge is -2.15. The largest absolute Gasteiger partial charge is 0.465 e. The number of hydrogen-bond acceptors (Lipinski definition) is 5. The molecule has 4 aromatic rings. The molecule has 0 bridgehead atoms. The third kappa shape index (κ3) is 3.58. The molecule has 0 radical (unpaired) electrons. The maximum atomic E-state index is 13.6. The molecule has 4 rings (SSSR count). The molecule has 0 spiro atoms. The van der Waals surface area contributed by atoms with Crippen molar-refractivity contribution in [2.75, 3.05) is 7.11 Å².